The van der Waals surface area contributed by atoms with Gasteiger partial charge in [0.1, 0.15) is 17.5 Å². The van der Waals surface area contributed by atoms with Crippen LogP contribution in [0.5, 0.6) is 0 Å². The first-order valence-corrected chi connectivity index (χ1v) is 12.0. The number of anilines is 3. The molecule has 0 spiro atoms. The molecular formula is C24H30N6O2S. The Bertz CT molecular complexity index is 1100. The Kier molecular flexibility index (Phi) is 7.32. The van der Waals surface area contributed by atoms with Gasteiger partial charge in [-0.25, -0.2) is 15.0 Å². The largest absolute Gasteiger partial charge is 0.395 e. The predicted octanol–water partition coefficient (Wildman–Crippen LogP) is 3.14. The van der Waals surface area contributed by atoms with E-state index in [0.717, 1.165) is 48.7 Å². The van der Waals surface area contributed by atoms with E-state index in [1.807, 2.05) is 45.0 Å². The molecule has 0 bridgehead atoms. The van der Waals surface area contributed by atoms with Gasteiger partial charge in [-0.2, -0.15) is 0 Å². The second kappa shape index (κ2) is 10.4. The predicted molar refractivity (Wildman–Crippen MR) is 132 cm³/mol. The summed E-state index contributed by atoms with van der Waals surface area (Å²) in [5.41, 5.74) is 3.35. The highest BCUT2D eigenvalue weighted by Crippen LogP contribution is 2.26. The molecule has 174 valence electrons. The van der Waals surface area contributed by atoms with Crippen LogP contribution in [0.3, 0.4) is 0 Å². The number of thiazole rings is 1. The Hall–Kier alpha value is -2.88. The van der Waals surface area contributed by atoms with Crippen molar-refractivity contribution in [2.24, 2.45) is 0 Å². The van der Waals surface area contributed by atoms with Gasteiger partial charge in [-0.3, -0.25) is 9.69 Å². The average molecular weight is 467 g/mol. The maximum Gasteiger partial charge on any atom is 0.188 e. The number of nitrogens with zero attached hydrogens (tertiary/aromatic N) is 5. The number of aromatic nitrogens is 3. The van der Waals surface area contributed by atoms with Gasteiger partial charge in [0.15, 0.2) is 10.9 Å². The smallest absolute Gasteiger partial charge is 0.188 e. The number of ketones is 1. The number of nitrogens with one attached hydrogen (secondary N) is 1. The topological polar surface area (TPSA) is 94.5 Å². The second-order valence-electron chi connectivity index (χ2n) is 8.34. The molecule has 1 aliphatic heterocycles. The number of hydrogen-bond acceptors (Lipinski definition) is 9. The van der Waals surface area contributed by atoms with Gasteiger partial charge < -0.3 is 15.3 Å². The Morgan fingerprint density at radius 2 is 1.85 bits per heavy atom. The Morgan fingerprint density at radius 1 is 1.12 bits per heavy atom. The number of carbonyl (C=O) groups is 1. The van der Waals surface area contributed by atoms with Crippen LogP contribution in [-0.2, 0) is 6.42 Å². The van der Waals surface area contributed by atoms with Crippen LogP contribution in [0.4, 0.5) is 16.8 Å². The van der Waals surface area contributed by atoms with Crippen molar-refractivity contribution >= 4 is 33.9 Å². The van der Waals surface area contributed by atoms with Crippen LogP contribution < -0.4 is 10.2 Å². The van der Waals surface area contributed by atoms with Crippen molar-refractivity contribution < 1.29 is 9.90 Å². The number of aryl methyl sites for hydroxylation is 3. The standard InChI is InChI=1S/C24H30N6O2S/c1-16-5-4-6-17(2)19(16)13-20(32)21-15-25-24(33-21)28-22-14-23(27-18(3)26-22)30-9-7-29(8-10-30)11-12-31/h4-6,14-15,31H,7-13H2,1-3H3,(H,25,26,27,28). The van der Waals surface area contributed by atoms with Crippen molar-refractivity contribution in [3.8, 4) is 0 Å². The average Bonchev–Trinajstić information content (AvgIpc) is 3.25. The first-order valence-electron chi connectivity index (χ1n) is 11.2. The molecule has 0 saturated carbocycles. The fraction of sp³-hybridized carbons (Fsp3) is 0.417. The number of β-amino-alcohol motifs (C(OH)–C–C–N with tert-alkyl or cyclic N) is 1. The number of aliphatic hydroxyl groups is 1. The number of benzene rings is 1. The summed E-state index contributed by atoms with van der Waals surface area (Å²) >= 11 is 1.34. The van der Waals surface area contributed by atoms with E-state index in [9.17, 15) is 4.79 Å². The lowest BCUT2D eigenvalue weighted by molar-refractivity contribution is 0.0996. The van der Waals surface area contributed by atoms with Crippen LogP contribution in [0.2, 0.25) is 0 Å². The molecule has 1 aliphatic rings. The van der Waals surface area contributed by atoms with E-state index in [2.05, 4.69) is 30.1 Å². The first-order chi connectivity index (χ1) is 15.9. The summed E-state index contributed by atoms with van der Waals surface area (Å²) in [4.78, 5) is 31.5. The Balaban J connectivity index is 1.43. The summed E-state index contributed by atoms with van der Waals surface area (Å²) in [7, 11) is 0. The number of rotatable bonds is 8. The molecule has 1 fully saturated rings. The van der Waals surface area contributed by atoms with E-state index in [0.29, 0.717) is 34.6 Å². The first kappa shape index (κ1) is 23.3. The zero-order valence-corrected chi connectivity index (χ0v) is 20.2. The lowest BCUT2D eigenvalue weighted by Crippen LogP contribution is -2.47. The number of Topliss-reactive ketones (excluding diaryl/α,β-unsaturated/α-hetero) is 1. The quantitative estimate of drug-likeness (QED) is 0.489. The highest BCUT2D eigenvalue weighted by molar-refractivity contribution is 7.17. The van der Waals surface area contributed by atoms with Gasteiger partial charge in [0.25, 0.3) is 0 Å². The van der Waals surface area contributed by atoms with E-state index in [1.54, 1.807) is 6.20 Å². The summed E-state index contributed by atoms with van der Waals surface area (Å²) in [6.07, 6.45) is 2.01. The molecule has 3 aromatic rings. The van der Waals surface area contributed by atoms with E-state index in [-0.39, 0.29) is 12.4 Å². The summed E-state index contributed by atoms with van der Waals surface area (Å²) in [6.45, 7) is 10.3. The monoisotopic (exact) mass is 466 g/mol. The van der Waals surface area contributed by atoms with E-state index in [4.69, 9.17) is 5.11 Å². The number of aliphatic hydroxyl groups excluding tert-OH is 1. The molecule has 33 heavy (non-hydrogen) atoms. The van der Waals surface area contributed by atoms with E-state index in [1.165, 1.54) is 11.3 Å². The summed E-state index contributed by atoms with van der Waals surface area (Å²) in [5.74, 6) is 2.28. The summed E-state index contributed by atoms with van der Waals surface area (Å²) < 4.78 is 0. The van der Waals surface area contributed by atoms with Crippen LogP contribution >= 0.6 is 11.3 Å². The summed E-state index contributed by atoms with van der Waals surface area (Å²) in [6, 6.07) is 8.02. The van der Waals surface area contributed by atoms with E-state index < -0.39 is 0 Å². The van der Waals surface area contributed by atoms with Gasteiger partial charge in [0.2, 0.25) is 0 Å². The third-order valence-corrected chi connectivity index (χ3v) is 6.89. The van der Waals surface area contributed by atoms with Gasteiger partial charge in [0, 0.05) is 45.2 Å². The molecule has 2 N–H and O–H groups in total. The van der Waals surface area contributed by atoms with Crippen molar-refractivity contribution in [1.82, 2.24) is 19.9 Å². The van der Waals surface area contributed by atoms with Crippen molar-refractivity contribution in [2.75, 3.05) is 49.5 Å². The minimum atomic E-state index is 0.0678. The lowest BCUT2D eigenvalue weighted by Gasteiger charge is -2.35. The maximum atomic E-state index is 12.9. The molecule has 1 saturated heterocycles. The van der Waals surface area contributed by atoms with Crippen LogP contribution in [0.1, 0.15) is 32.2 Å². The molecule has 3 heterocycles. The number of piperazine rings is 1. The normalized spacial score (nSPS) is 14.5. The van der Waals surface area contributed by atoms with Gasteiger partial charge in [-0.1, -0.05) is 29.5 Å². The highest BCUT2D eigenvalue weighted by atomic mass is 32.1. The molecule has 0 aliphatic carbocycles. The van der Waals surface area contributed by atoms with Crippen molar-refractivity contribution in [3.05, 3.63) is 57.9 Å². The van der Waals surface area contributed by atoms with Crippen LogP contribution in [-0.4, -0.2) is 70.1 Å². The zero-order chi connectivity index (χ0) is 23.4. The fourth-order valence-corrected chi connectivity index (χ4v) is 4.83. The minimum absolute atomic E-state index is 0.0678. The van der Waals surface area contributed by atoms with Gasteiger partial charge in [0.05, 0.1) is 17.7 Å². The molecule has 2 aromatic heterocycles. The summed E-state index contributed by atoms with van der Waals surface area (Å²) in [5, 5.41) is 13.0. The van der Waals surface area contributed by atoms with Gasteiger partial charge in [-0.15, -0.1) is 0 Å². The molecule has 0 unspecified atom stereocenters. The van der Waals surface area contributed by atoms with Crippen molar-refractivity contribution in [1.29, 1.82) is 0 Å². The number of hydrogen-bond donors (Lipinski definition) is 2. The molecule has 4 rings (SSSR count). The minimum Gasteiger partial charge on any atom is -0.395 e. The lowest BCUT2D eigenvalue weighted by atomic mass is 9.98. The Labute approximate surface area is 198 Å². The van der Waals surface area contributed by atoms with Crippen LogP contribution in [0, 0.1) is 20.8 Å². The molecule has 0 amide bonds. The molecule has 0 atom stereocenters. The van der Waals surface area contributed by atoms with Crippen molar-refractivity contribution in [3.63, 3.8) is 0 Å². The maximum absolute atomic E-state index is 12.9. The molecule has 0 radical (unpaired) electrons. The van der Waals surface area contributed by atoms with Crippen LogP contribution in [0.15, 0.2) is 30.5 Å². The fourth-order valence-electron chi connectivity index (χ4n) is 4.07. The molecule has 1 aromatic carbocycles. The zero-order valence-electron chi connectivity index (χ0n) is 19.3. The van der Waals surface area contributed by atoms with Gasteiger partial charge in [-0.05, 0) is 37.5 Å². The second-order valence-corrected chi connectivity index (χ2v) is 9.37. The molecule has 8 nitrogen and oxygen atoms in total. The third kappa shape index (κ3) is 5.73. The number of carbonyl (C=O) groups excluding carboxylic acids is 1. The Morgan fingerprint density at radius 3 is 2.55 bits per heavy atom. The van der Waals surface area contributed by atoms with E-state index >= 15 is 0 Å². The van der Waals surface area contributed by atoms with Gasteiger partial charge >= 0.3 is 0 Å². The SMILES string of the molecule is Cc1nc(Nc2ncc(C(=O)Cc3c(C)cccc3C)s2)cc(N2CCN(CCO)CC2)n1. The highest BCUT2D eigenvalue weighted by Gasteiger charge is 2.19. The third-order valence-electron chi connectivity index (χ3n) is 5.93. The molecular weight excluding hydrogens is 436 g/mol. The van der Waals surface area contributed by atoms with Crippen molar-refractivity contribution in [2.45, 2.75) is 27.2 Å². The van der Waals surface area contributed by atoms with Crippen LogP contribution in [0.25, 0.3) is 0 Å². The molecule has 9 heteroatoms.